The van der Waals surface area contributed by atoms with E-state index in [1.54, 1.807) is 6.07 Å². The standard InChI is InChI=1S/C14H14O2/c1-8-7-11-5-4-6-12(15)14(16)13(11)10(3)9(8)2/h4-7H,1-3H3,(H,15,16). The Morgan fingerprint density at radius 2 is 1.75 bits per heavy atom. The van der Waals surface area contributed by atoms with Gasteiger partial charge in [0.15, 0.2) is 5.75 Å². The van der Waals surface area contributed by atoms with Crippen molar-refractivity contribution in [3.8, 4) is 5.75 Å². The lowest BCUT2D eigenvalue weighted by atomic mass is 9.98. The first-order valence-corrected chi connectivity index (χ1v) is 5.25. The summed E-state index contributed by atoms with van der Waals surface area (Å²) < 4.78 is 0. The Bertz CT molecular complexity index is 628. The molecule has 0 fully saturated rings. The topological polar surface area (TPSA) is 37.3 Å². The average Bonchev–Trinajstić information content (AvgIpc) is 2.37. The van der Waals surface area contributed by atoms with Crippen LogP contribution in [0.2, 0.25) is 0 Å². The van der Waals surface area contributed by atoms with Crippen molar-refractivity contribution in [1.82, 2.24) is 0 Å². The van der Waals surface area contributed by atoms with Crippen LogP contribution in [0.25, 0.3) is 10.8 Å². The molecule has 2 rings (SSSR count). The van der Waals surface area contributed by atoms with Crippen LogP contribution in [0.5, 0.6) is 5.75 Å². The maximum absolute atomic E-state index is 12.0. The van der Waals surface area contributed by atoms with E-state index in [1.807, 2.05) is 32.9 Å². The smallest absolute Gasteiger partial charge is 0.228 e. The van der Waals surface area contributed by atoms with E-state index >= 15 is 0 Å². The number of rotatable bonds is 0. The summed E-state index contributed by atoms with van der Waals surface area (Å²) in [6, 6.07) is 6.98. The lowest BCUT2D eigenvalue weighted by molar-refractivity contribution is 0.472. The molecule has 0 radical (unpaired) electrons. The monoisotopic (exact) mass is 214 g/mol. The Balaban J connectivity index is 3.14. The summed E-state index contributed by atoms with van der Waals surface area (Å²) in [5.41, 5.74) is 2.93. The average molecular weight is 214 g/mol. The highest BCUT2D eigenvalue weighted by Crippen LogP contribution is 2.22. The molecule has 2 heteroatoms. The lowest BCUT2D eigenvalue weighted by Crippen LogP contribution is -2.01. The molecule has 0 aliphatic carbocycles. The van der Waals surface area contributed by atoms with Gasteiger partial charge in [-0.1, -0.05) is 18.2 Å². The van der Waals surface area contributed by atoms with Gasteiger partial charge in [0, 0.05) is 5.39 Å². The summed E-state index contributed by atoms with van der Waals surface area (Å²) in [5.74, 6) is -0.193. The minimum atomic E-state index is -0.291. The van der Waals surface area contributed by atoms with Gasteiger partial charge in [-0.25, -0.2) is 0 Å². The highest BCUT2D eigenvalue weighted by molar-refractivity contribution is 5.87. The fourth-order valence-corrected chi connectivity index (χ4v) is 1.99. The van der Waals surface area contributed by atoms with Crippen LogP contribution in [0.15, 0.2) is 29.1 Å². The molecule has 0 bridgehead atoms. The highest BCUT2D eigenvalue weighted by atomic mass is 16.3. The molecule has 0 amide bonds. The van der Waals surface area contributed by atoms with Crippen LogP contribution in [-0.4, -0.2) is 5.11 Å². The Morgan fingerprint density at radius 1 is 1.06 bits per heavy atom. The molecule has 16 heavy (non-hydrogen) atoms. The minimum absolute atomic E-state index is 0.193. The molecular formula is C14H14O2. The van der Waals surface area contributed by atoms with Gasteiger partial charge in [0.25, 0.3) is 0 Å². The summed E-state index contributed by atoms with van der Waals surface area (Å²) in [4.78, 5) is 12.0. The molecule has 2 aromatic carbocycles. The Kier molecular flexibility index (Phi) is 2.43. The van der Waals surface area contributed by atoms with E-state index in [0.29, 0.717) is 5.39 Å². The number of aryl methyl sites for hydroxylation is 2. The first kappa shape index (κ1) is 10.7. The molecule has 0 atom stereocenters. The molecule has 82 valence electrons. The SMILES string of the molecule is Cc1cc2cccc(O)c(=O)c2c(C)c1C. The van der Waals surface area contributed by atoms with Gasteiger partial charge in [-0.2, -0.15) is 0 Å². The van der Waals surface area contributed by atoms with E-state index in [4.69, 9.17) is 0 Å². The van der Waals surface area contributed by atoms with Crippen molar-refractivity contribution in [2.75, 3.05) is 0 Å². The number of benzene rings is 1. The van der Waals surface area contributed by atoms with Crippen LogP contribution in [0.1, 0.15) is 16.7 Å². The van der Waals surface area contributed by atoms with E-state index in [2.05, 4.69) is 0 Å². The molecule has 0 saturated carbocycles. The maximum Gasteiger partial charge on any atom is 0.228 e. The van der Waals surface area contributed by atoms with Crippen LogP contribution in [0.3, 0.4) is 0 Å². The second-order valence-corrected chi connectivity index (χ2v) is 4.15. The second kappa shape index (κ2) is 3.63. The summed E-state index contributed by atoms with van der Waals surface area (Å²) in [7, 11) is 0. The van der Waals surface area contributed by atoms with E-state index in [-0.39, 0.29) is 11.2 Å². The van der Waals surface area contributed by atoms with Crippen molar-refractivity contribution in [2.45, 2.75) is 20.8 Å². The van der Waals surface area contributed by atoms with Crippen molar-refractivity contribution in [1.29, 1.82) is 0 Å². The normalized spacial score (nSPS) is 10.7. The molecule has 0 aromatic heterocycles. The molecule has 0 heterocycles. The molecular weight excluding hydrogens is 200 g/mol. The number of aromatic hydroxyl groups is 1. The van der Waals surface area contributed by atoms with Crippen LogP contribution in [0, 0.1) is 20.8 Å². The van der Waals surface area contributed by atoms with Crippen LogP contribution >= 0.6 is 0 Å². The zero-order valence-corrected chi connectivity index (χ0v) is 9.66. The summed E-state index contributed by atoms with van der Waals surface area (Å²) in [6.45, 7) is 5.94. The van der Waals surface area contributed by atoms with E-state index < -0.39 is 0 Å². The van der Waals surface area contributed by atoms with Crippen molar-refractivity contribution in [2.24, 2.45) is 0 Å². The van der Waals surface area contributed by atoms with Gasteiger partial charge >= 0.3 is 0 Å². The van der Waals surface area contributed by atoms with E-state index in [1.165, 1.54) is 6.07 Å². The van der Waals surface area contributed by atoms with E-state index in [0.717, 1.165) is 22.1 Å². The molecule has 2 aromatic rings. The number of fused-ring (bicyclic) bond motifs is 1. The van der Waals surface area contributed by atoms with Gasteiger partial charge in [-0.15, -0.1) is 0 Å². The van der Waals surface area contributed by atoms with Crippen LogP contribution in [0.4, 0.5) is 0 Å². The Morgan fingerprint density at radius 3 is 2.44 bits per heavy atom. The summed E-state index contributed by atoms with van der Waals surface area (Å²) in [5, 5.41) is 11.0. The van der Waals surface area contributed by atoms with Gasteiger partial charge in [0.1, 0.15) is 0 Å². The lowest BCUT2D eigenvalue weighted by Gasteiger charge is -2.06. The molecule has 0 unspecified atom stereocenters. The maximum atomic E-state index is 12.0. The predicted octanol–water partition coefficient (Wildman–Crippen LogP) is 2.83. The Labute approximate surface area is 94.2 Å². The third kappa shape index (κ3) is 1.47. The molecule has 0 aliphatic rings. The minimum Gasteiger partial charge on any atom is -0.504 e. The van der Waals surface area contributed by atoms with Crippen LogP contribution < -0.4 is 5.43 Å². The van der Waals surface area contributed by atoms with Gasteiger partial charge in [0.05, 0.1) is 0 Å². The van der Waals surface area contributed by atoms with Crippen molar-refractivity contribution in [3.05, 3.63) is 51.2 Å². The zero-order valence-electron chi connectivity index (χ0n) is 9.66. The van der Waals surface area contributed by atoms with E-state index in [9.17, 15) is 9.90 Å². The molecule has 0 spiro atoms. The highest BCUT2D eigenvalue weighted by Gasteiger charge is 2.08. The quantitative estimate of drug-likeness (QED) is 0.732. The first-order chi connectivity index (χ1) is 7.52. The fraction of sp³-hybridized carbons (Fsp3) is 0.214. The van der Waals surface area contributed by atoms with Crippen molar-refractivity contribution >= 4 is 10.8 Å². The summed E-state index contributed by atoms with van der Waals surface area (Å²) >= 11 is 0. The van der Waals surface area contributed by atoms with Gasteiger partial charge in [-0.05, 0) is 48.9 Å². The van der Waals surface area contributed by atoms with Crippen molar-refractivity contribution < 1.29 is 5.11 Å². The van der Waals surface area contributed by atoms with Crippen molar-refractivity contribution in [3.63, 3.8) is 0 Å². The molecule has 2 nitrogen and oxygen atoms in total. The largest absolute Gasteiger partial charge is 0.504 e. The zero-order chi connectivity index (χ0) is 11.9. The first-order valence-electron chi connectivity index (χ1n) is 5.25. The fourth-order valence-electron chi connectivity index (χ4n) is 1.99. The number of hydrogen-bond donors (Lipinski definition) is 1. The molecule has 0 saturated heterocycles. The van der Waals surface area contributed by atoms with Gasteiger partial charge in [-0.3, -0.25) is 4.79 Å². The molecule has 0 aliphatic heterocycles. The predicted molar refractivity (Wildman–Crippen MR) is 66.1 cm³/mol. The third-order valence-electron chi connectivity index (χ3n) is 3.18. The number of hydrogen-bond acceptors (Lipinski definition) is 2. The van der Waals surface area contributed by atoms with Gasteiger partial charge in [0.2, 0.25) is 5.43 Å². The molecule has 1 N–H and O–H groups in total. The third-order valence-corrected chi connectivity index (χ3v) is 3.18. The van der Waals surface area contributed by atoms with Crippen LogP contribution in [-0.2, 0) is 0 Å². The van der Waals surface area contributed by atoms with Gasteiger partial charge < -0.3 is 5.11 Å². The second-order valence-electron chi connectivity index (χ2n) is 4.15. The Hall–Kier alpha value is -1.83. The summed E-state index contributed by atoms with van der Waals surface area (Å²) in [6.07, 6.45) is 0.